The summed E-state index contributed by atoms with van der Waals surface area (Å²) in [5.74, 6) is -0.0913. The van der Waals surface area contributed by atoms with Crippen molar-refractivity contribution in [3.05, 3.63) is 92.4 Å². The van der Waals surface area contributed by atoms with E-state index in [1.54, 1.807) is 12.2 Å². The second-order valence-corrected chi connectivity index (χ2v) is 6.90. The van der Waals surface area contributed by atoms with Gasteiger partial charge in [-0.05, 0) is 67.3 Å². The lowest BCUT2D eigenvalue weighted by Crippen LogP contribution is -2.16. The molecule has 27 heavy (non-hydrogen) atoms. The first-order valence-corrected chi connectivity index (χ1v) is 8.88. The van der Waals surface area contributed by atoms with Crippen molar-refractivity contribution in [2.45, 2.75) is 20.8 Å². The number of ketones is 1. The minimum absolute atomic E-state index is 0.0913. The van der Waals surface area contributed by atoms with Crippen LogP contribution >= 0.6 is 0 Å². The highest BCUT2D eigenvalue weighted by Crippen LogP contribution is 2.28. The average Bonchev–Trinajstić information content (AvgIpc) is 2.94. The highest BCUT2D eigenvalue weighted by Gasteiger charge is 2.19. The maximum atomic E-state index is 13.0. The third-order valence-corrected chi connectivity index (χ3v) is 5.09. The van der Waals surface area contributed by atoms with Gasteiger partial charge in [-0.3, -0.25) is 14.7 Å². The Balaban J connectivity index is 1.87. The number of H-pyrrole nitrogens is 1. The molecule has 0 atom stereocenters. The van der Waals surface area contributed by atoms with Gasteiger partial charge in [-0.2, -0.15) is 0 Å². The third kappa shape index (κ3) is 2.89. The Morgan fingerprint density at radius 2 is 1.70 bits per heavy atom. The van der Waals surface area contributed by atoms with E-state index in [9.17, 15) is 9.59 Å². The lowest BCUT2D eigenvalue weighted by Gasteiger charge is -2.12. The molecule has 1 N–H and O–H groups in total. The van der Waals surface area contributed by atoms with E-state index < -0.39 is 0 Å². The molecule has 4 heteroatoms. The summed E-state index contributed by atoms with van der Waals surface area (Å²) in [7, 11) is 0. The first-order valence-electron chi connectivity index (χ1n) is 8.88. The lowest BCUT2D eigenvalue weighted by atomic mass is 9.90. The van der Waals surface area contributed by atoms with Crippen LogP contribution in [-0.2, 0) is 4.79 Å². The van der Waals surface area contributed by atoms with E-state index in [2.05, 4.69) is 5.10 Å². The molecule has 4 nitrogen and oxygen atoms in total. The first-order chi connectivity index (χ1) is 13.0. The van der Waals surface area contributed by atoms with Crippen molar-refractivity contribution < 1.29 is 4.79 Å². The fourth-order valence-electron chi connectivity index (χ4n) is 3.34. The quantitative estimate of drug-likeness (QED) is 0.699. The normalized spacial score (nSPS) is 14.6. The van der Waals surface area contributed by atoms with Gasteiger partial charge in [0.05, 0.1) is 11.3 Å². The fraction of sp³-hybridized carbons (Fsp3) is 0.130. The average molecular weight is 356 g/mol. The van der Waals surface area contributed by atoms with Gasteiger partial charge in [0.1, 0.15) is 0 Å². The van der Waals surface area contributed by atoms with Gasteiger partial charge in [0, 0.05) is 11.3 Å². The number of nitrogens with zero attached hydrogens (tertiary/aromatic N) is 1. The van der Waals surface area contributed by atoms with Crippen LogP contribution in [0.2, 0.25) is 0 Å². The molecule has 0 amide bonds. The summed E-state index contributed by atoms with van der Waals surface area (Å²) in [6.07, 6.45) is 5.07. The number of hydrogen-bond acceptors (Lipinski definition) is 2. The molecule has 0 unspecified atom stereocenters. The van der Waals surface area contributed by atoms with Crippen LogP contribution in [0, 0.1) is 20.8 Å². The predicted molar refractivity (Wildman–Crippen MR) is 109 cm³/mol. The first kappa shape index (κ1) is 17.0. The van der Waals surface area contributed by atoms with Crippen LogP contribution in [0.3, 0.4) is 0 Å². The molecule has 1 aliphatic rings. The number of rotatable bonds is 2. The van der Waals surface area contributed by atoms with Crippen molar-refractivity contribution in [2.24, 2.45) is 0 Å². The SMILES string of the molecule is Cc1ccc(-n2[nH]c(C)c(/C=C3/C(=O)C=Cc4ccccc43)c2=O)cc1C. The van der Waals surface area contributed by atoms with E-state index in [1.807, 2.05) is 69.3 Å². The van der Waals surface area contributed by atoms with Gasteiger partial charge in [0.2, 0.25) is 0 Å². The molecule has 1 aliphatic carbocycles. The van der Waals surface area contributed by atoms with Crippen LogP contribution in [0.1, 0.15) is 33.5 Å². The minimum Gasteiger partial charge on any atom is -0.295 e. The number of aromatic nitrogens is 2. The van der Waals surface area contributed by atoms with E-state index in [0.29, 0.717) is 11.1 Å². The number of carbonyl (C=O) groups excluding carboxylic acids is 1. The minimum atomic E-state index is -0.164. The zero-order valence-corrected chi connectivity index (χ0v) is 15.5. The van der Waals surface area contributed by atoms with E-state index in [4.69, 9.17) is 0 Å². The zero-order valence-electron chi connectivity index (χ0n) is 15.5. The topological polar surface area (TPSA) is 54.9 Å². The summed E-state index contributed by atoms with van der Waals surface area (Å²) in [6, 6.07) is 13.6. The number of hydrogen-bond donors (Lipinski definition) is 1. The van der Waals surface area contributed by atoms with Crippen LogP contribution in [0.4, 0.5) is 0 Å². The van der Waals surface area contributed by atoms with Gasteiger partial charge in [0.25, 0.3) is 5.56 Å². The summed E-state index contributed by atoms with van der Waals surface area (Å²) in [4.78, 5) is 25.5. The molecule has 1 aromatic heterocycles. The van der Waals surface area contributed by atoms with Crippen molar-refractivity contribution in [1.82, 2.24) is 9.78 Å². The molecule has 4 rings (SSSR count). The van der Waals surface area contributed by atoms with Gasteiger partial charge in [-0.25, -0.2) is 4.68 Å². The Morgan fingerprint density at radius 3 is 2.48 bits per heavy atom. The maximum Gasteiger partial charge on any atom is 0.278 e. The Bertz CT molecular complexity index is 1190. The Hall–Kier alpha value is -3.40. The van der Waals surface area contributed by atoms with Crippen LogP contribution in [0.5, 0.6) is 0 Å². The molecule has 0 bridgehead atoms. The number of fused-ring (bicyclic) bond motifs is 1. The number of aromatic amines is 1. The lowest BCUT2D eigenvalue weighted by molar-refractivity contribution is -0.109. The second-order valence-electron chi connectivity index (χ2n) is 6.90. The van der Waals surface area contributed by atoms with Crippen molar-refractivity contribution in [2.75, 3.05) is 0 Å². The smallest absolute Gasteiger partial charge is 0.278 e. The summed E-state index contributed by atoms with van der Waals surface area (Å²) in [5.41, 5.74) is 6.51. The van der Waals surface area contributed by atoms with Crippen LogP contribution in [0.15, 0.2) is 53.3 Å². The van der Waals surface area contributed by atoms with Gasteiger partial charge in [-0.15, -0.1) is 0 Å². The summed E-state index contributed by atoms with van der Waals surface area (Å²) in [5, 5.41) is 3.13. The molecule has 0 saturated heterocycles. The van der Waals surface area contributed by atoms with Gasteiger partial charge in [-0.1, -0.05) is 36.4 Å². The Labute approximate surface area is 157 Å². The van der Waals surface area contributed by atoms with Gasteiger partial charge >= 0.3 is 0 Å². The molecular weight excluding hydrogens is 336 g/mol. The summed E-state index contributed by atoms with van der Waals surface area (Å²) < 4.78 is 1.53. The Morgan fingerprint density at radius 1 is 0.926 bits per heavy atom. The highest BCUT2D eigenvalue weighted by atomic mass is 16.1. The molecule has 0 aliphatic heterocycles. The van der Waals surface area contributed by atoms with Crippen molar-refractivity contribution in [1.29, 1.82) is 0 Å². The van der Waals surface area contributed by atoms with Crippen LogP contribution < -0.4 is 5.56 Å². The van der Waals surface area contributed by atoms with Crippen molar-refractivity contribution >= 4 is 23.5 Å². The molecule has 2 aromatic carbocycles. The monoisotopic (exact) mass is 356 g/mol. The molecular formula is C23H20N2O2. The molecule has 0 fully saturated rings. The molecule has 3 aromatic rings. The molecule has 0 spiro atoms. The van der Waals surface area contributed by atoms with Gasteiger partial charge in [0.15, 0.2) is 5.78 Å². The molecule has 0 radical (unpaired) electrons. The van der Waals surface area contributed by atoms with E-state index in [0.717, 1.165) is 28.1 Å². The number of carbonyl (C=O) groups is 1. The zero-order chi connectivity index (χ0) is 19.1. The summed E-state index contributed by atoms with van der Waals surface area (Å²) >= 11 is 0. The number of allylic oxidation sites excluding steroid dienone is 2. The predicted octanol–water partition coefficient (Wildman–Crippen LogP) is 4.23. The van der Waals surface area contributed by atoms with Crippen LogP contribution in [-0.4, -0.2) is 15.6 Å². The van der Waals surface area contributed by atoms with Gasteiger partial charge < -0.3 is 0 Å². The number of aryl methyl sites for hydroxylation is 3. The van der Waals surface area contributed by atoms with Crippen molar-refractivity contribution in [3.8, 4) is 5.69 Å². The van der Waals surface area contributed by atoms with Crippen LogP contribution in [0.25, 0.3) is 23.4 Å². The molecule has 0 saturated carbocycles. The van der Waals surface area contributed by atoms with E-state index >= 15 is 0 Å². The van der Waals surface area contributed by atoms with E-state index in [-0.39, 0.29) is 11.3 Å². The maximum absolute atomic E-state index is 13.0. The standard InChI is InChI=1S/C23H20N2O2/c1-14-8-10-18(12-15(14)2)25-23(27)20(16(3)24-25)13-21-19-7-5-4-6-17(19)9-11-22(21)26/h4-13,24H,1-3H3/b21-13+. The third-order valence-electron chi connectivity index (χ3n) is 5.09. The van der Waals surface area contributed by atoms with E-state index in [1.165, 1.54) is 10.2 Å². The molecule has 1 heterocycles. The number of nitrogens with one attached hydrogen (secondary N) is 1. The number of benzene rings is 2. The highest BCUT2D eigenvalue weighted by molar-refractivity contribution is 6.33. The fourth-order valence-corrected chi connectivity index (χ4v) is 3.34. The molecule has 134 valence electrons. The van der Waals surface area contributed by atoms with Crippen molar-refractivity contribution in [3.63, 3.8) is 0 Å². The second kappa shape index (κ2) is 6.40. The largest absolute Gasteiger partial charge is 0.295 e. The Kier molecular flexibility index (Phi) is 4.04. The summed E-state index contributed by atoms with van der Waals surface area (Å²) in [6.45, 7) is 5.91.